The van der Waals surface area contributed by atoms with Crippen molar-refractivity contribution in [1.82, 2.24) is 0 Å². The molecule has 1 unspecified atom stereocenters. The van der Waals surface area contributed by atoms with Crippen LogP contribution in [0.4, 0.5) is 11.4 Å². The number of ether oxygens (including phenoxy) is 1. The fourth-order valence-electron chi connectivity index (χ4n) is 1.60. The molecule has 0 saturated heterocycles. The molecule has 0 saturated carbocycles. The van der Waals surface area contributed by atoms with Crippen LogP contribution >= 0.6 is 0 Å². The van der Waals surface area contributed by atoms with Gasteiger partial charge in [0.05, 0.1) is 12.8 Å². The molecule has 0 amide bonds. The van der Waals surface area contributed by atoms with Crippen molar-refractivity contribution in [3.8, 4) is 5.75 Å². The predicted molar refractivity (Wildman–Crippen MR) is 71.4 cm³/mol. The van der Waals surface area contributed by atoms with Gasteiger partial charge in [-0.15, -0.1) is 0 Å². The Hall–Kier alpha value is -1.42. The second-order valence-electron chi connectivity index (χ2n) is 4.31. The van der Waals surface area contributed by atoms with Gasteiger partial charge in [-0.25, -0.2) is 0 Å². The highest BCUT2D eigenvalue weighted by atomic mass is 16.5. The number of methoxy groups -OCH3 is 1. The molecular formula is C13H22N2O2. The monoisotopic (exact) mass is 238 g/mol. The summed E-state index contributed by atoms with van der Waals surface area (Å²) in [6, 6.07) is 5.66. The van der Waals surface area contributed by atoms with E-state index in [1.165, 1.54) is 0 Å². The lowest BCUT2D eigenvalue weighted by atomic mass is 10.1. The summed E-state index contributed by atoms with van der Waals surface area (Å²) in [6.45, 7) is 3.19. The topological polar surface area (TPSA) is 67.5 Å². The van der Waals surface area contributed by atoms with Gasteiger partial charge in [0.1, 0.15) is 5.75 Å². The van der Waals surface area contributed by atoms with Crippen LogP contribution in [0, 0.1) is 5.92 Å². The molecule has 4 nitrogen and oxygen atoms in total. The highest BCUT2D eigenvalue weighted by molar-refractivity contribution is 5.61. The first-order chi connectivity index (χ1) is 8.17. The van der Waals surface area contributed by atoms with Gasteiger partial charge in [-0.3, -0.25) is 0 Å². The van der Waals surface area contributed by atoms with Crippen molar-refractivity contribution in [2.75, 3.05) is 31.3 Å². The Morgan fingerprint density at radius 1 is 1.47 bits per heavy atom. The third-order valence-corrected chi connectivity index (χ3v) is 2.75. The number of aliphatic hydroxyl groups is 1. The molecular weight excluding hydrogens is 216 g/mol. The molecule has 1 rings (SSSR count). The van der Waals surface area contributed by atoms with E-state index in [0.717, 1.165) is 25.1 Å². The maximum Gasteiger partial charge on any atom is 0.143 e. The van der Waals surface area contributed by atoms with E-state index in [1.54, 1.807) is 7.11 Å². The first-order valence-electron chi connectivity index (χ1n) is 5.95. The summed E-state index contributed by atoms with van der Waals surface area (Å²) in [4.78, 5) is 0. The number of hydrogen-bond acceptors (Lipinski definition) is 4. The minimum Gasteiger partial charge on any atom is -0.495 e. The Morgan fingerprint density at radius 2 is 2.24 bits per heavy atom. The summed E-state index contributed by atoms with van der Waals surface area (Å²) >= 11 is 0. The fourth-order valence-corrected chi connectivity index (χ4v) is 1.60. The van der Waals surface area contributed by atoms with Crippen LogP contribution < -0.4 is 15.8 Å². The van der Waals surface area contributed by atoms with Crippen molar-refractivity contribution < 1.29 is 9.84 Å². The number of benzene rings is 1. The molecule has 0 radical (unpaired) electrons. The van der Waals surface area contributed by atoms with Gasteiger partial charge in [0.15, 0.2) is 0 Å². The van der Waals surface area contributed by atoms with Crippen LogP contribution in [0.2, 0.25) is 0 Å². The third kappa shape index (κ3) is 4.53. The molecule has 96 valence electrons. The second-order valence-corrected chi connectivity index (χ2v) is 4.31. The standard InChI is InChI=1S/C13H22N2O2/c1-10(9-16)4-3-7-15-11-5-6-12(14)13(8-11)17-2/h5-6,8,10,15-16H,3-4,7,9,14H2,1-2H3. The van der Waals surface area contributed by atoms with Gasteiger partial charge < -0.3 is 20.9 Å². The molecule has 0 aliphatic heterocycles. The number of anilines is 2. The van der Waals surface area contributed by atoms with Gasteiger partial charge in [0, 0.05) is 24.9 Å². The Bertz CT molecular complexity index is 342. The van der Waals surface area contributed by atoms with E-state index in [9.17, 15) is 0 Å². The van der Waals surface area contributed by atoms with Gasteiger partial charge in [0.25, 0.3) is 0 Å². The number of nitrogens with two attached hydrogens (primary N) is 1. The first kappa shape index (κ1) is 13.6. The summed E-state index contributed by atoms with van der Waals surface area (Å²) in [7, 11) is 1.61. The molecule has 0 aromatic heterocycles. The van der Waals surface area contributed by atoms with Crippen molar-refractivity contribution in [1.29, 1.82) is 0 Å². The van der Waals surface area contributed by atoms with Crippen LogP contribution in [0.25, 0.3) is 0 Å². The van der Waals surface area contributed by atoms with E-state index < -0.39 is 0 Å². The largest absolute Gasteiger partial charge is 0.495 e. The summed E-state index contributed by atoms with van der Waals surface area (Å²) in [6.07, 6.45) is 2.06. The summed E-state index contributed by atoms with van der Waals surface area (Å²) in [5, 5.41) is 12.2. The average Bonchev–Trinajstić information content (AvgIpc) is 2.36. The Balaban J connectivity index is 2.36. The van der Waals surface area contributed by atoms with Crippen LogP contribution in [-0.4, -0.2) is 25.4 Å². The van der Waals surface area contributed by atoms with Crippen molar-refractivity contribution in [3.63, 3.8) is 0 Å². The number of nitrogen functional groups attached to an aromatic ring is 1. The van der Waals surface area contributed by atoms with Crippen molar-refractivity contribution in [2.24, 2.45) is 5.92 Å². The van der Waals surface area contributed by atoms with E-state index in [0.29, 0.717) is 17.4 Å². The van der Waals surface area contributed by atoms with E-state index in [1.807, 2.05) is 25.1 Å². The van der Waals surface area contributed by atoms with E-state index >= 15 is 0 Å². The predicted octanol–water partition coefficient (Wildman–Crippen LogP) is 2.10. The molecule has 1 aromatic carbocycles. The van der Waals surface area contributed by atoms with E-state index in [2.05, 4.69) is 5.32 Å². The summed E-state index contributed by atoms with van der Waals surface area (Å²) in [5.41, 5.74) is 7.38. The lowest BCUT2D eigenvalue weighted by Crippen LogP contribution is -2.06. The number of hydrogen-bond donors (Lipinski definition) is 3. The Morgan fingerprint density at radius 3 is 2.88 bits per heavy atom. The number of nitrogens with one attached hydrogen (secondary N) is 1. The molecule has 4 N–H and O–H groups in total. The molecule has 1 aromatic rings. The SMILES string of the molecule is COc1cc(NCCCC(C)CO)ccc1N. The number of aliphatic hydroxyl groups excluding tert-OH is 1. The second kappa shape index (κ2) is 7.01. The molecule has 0 spiro atoms. The van der Waals surface area contributed by atoms with Gasteiger partial charge in [-0.1, -0.05) is 6.92 Å². The lowest BCUT2D eigenvalue weighted by Gasteiger charge is -2.11. The average molecular weight is 238 g/mol. The third-order valence-electron chi connectivity index (χ3n) is 2.75. The van der Waals surface area contributed by atoms with E-state index in [4.69, 9.17) is 15.6 Å². The van der Waals surface area contributed by atoms with Crippen LogP contribution in [-0.2, 0) is 0 Å². The highest BCUT2D eigenvalue weighted by Gasteiger charge is 2.02. The minimum atomic E-state index is 0.260. The van der Waals surface area contributed by atoms with Crippen LogP contribution in [0.5, 0.6) is 5.75 Å². The maximum atomic E-state index is 8.90. The van der Waals surface area contributed by atoms with Crippen molar-refractivity contribution >= 4 is 11.4 Å². The maximum absolute atomic E-state index is 8.90. The van der Waals surface area contributed by atoms with Gasteiger partial charge in [0.2, 0.25) is 0 Å². The van der Waals surface area contributed by atoms with Crippen LogP contribution in [0.1, 0.15) is 19.8 Å². The highest BCUT2D eigenvalue weighted by Crippen LogP contribution is 2.24. The van der Waals surface area contributed by atoms with Gasteiger partial charge >= 0.3 is 0 Å². The van der Waals surface area contributed by atoms with Crippen molar-refractivity contribution in [3.05, 3.63) is 18.2 Å². The molecule has 0 aliphatic carbocycles. The zero-order valence-corrected chi connectivity index (χ0v) is 10.6. The molecule has 0 bridgehead atoms. The number of rotatable bonds is 7. The Labute approximate surface area is 103 Å². The molecule has 4 heteroatoms. The molecule has 0 heterocycles. The molecule has 0 aliphatic rings. The van der Waals surface area contributed by atoms with Crippen LogP contribution in [0.15, 0.2) is 18.2 Å². The quantitative estimate of drug-likeness (QED) is 0.502. The smallest absolute Gasteiger partial charge is 0.143 e. The first-order valence-corrected chi connectivity index (χ1v) is 5.95. The normalized spacial score (nSPS) is 12.2. The minimum absolute atomic E-state index is 0.260. The van der Waals surface area contributed by atoms with E-state index in [-0.39, 0.29) is 6.61 Å². The van der Waals surface area contributed by atoms with Crippen molar-refractivity contribution in [2.45, 2.75) is 19.8 Å². The molecule has 1 atom stereocenters. The lowest BCUT2D eigenvalue weighted by molar-refractivity contribution is 0.229. The Kier molecular flexibility index (Phi) is 5.63. The van der Waals surface area contributed by atoms with Gasteiger partial charge in [-0.05, 0) is 30.9 Å². The molecule has 17 heavy (non-hydrogen) atoms. The summed E-state index contributed by atoms with van der Waals surface area (Å²) < 4.78 is 5.15. The van der Waals surface area contributed by atoms with Gasteiger partial charge in [-0.2, -0.15) is 0 Å². The summed E-state index contributed by atoms with van der Waals surface area (Å²) in [5.74, 6) is 1.07. The zero-order chi connectivity index (χ0) is 12.7. The fraction of sp³-hybridized carbons (Fsp3) is 0.538. The van der Waals surface area contributed by atoms with Crippen LogP contribution in [0.3, 0.4) is 0 Å². The molecule has 0 fully saturated rings. The zero-order valence-electron chi connectivity index (χ0n) is 10.6.